The van der Waals surface area contributed by atoms with Crippen LogP contribution in [0.1, 0.15) is 6.42 Å². The first-order valence-electron chi connectivity index (χ1n) is 5.03. The predicted octanol–water partition coefficient (Wildman–Crippen LogP) is -1.16. The monoisotopic (exact) mass is 237 g/mol. The molecule has 0 spiro atoms. The molecule has 1 aliphatic heterocycles. The van der Waals surface area contributed by atoms with Crippen molar-refractivity contribution in [3.8, 4) is 0 Å². The molecule has 2 N–H and O–H groups in total. The Kier molecular flexibility index (Phi) is 4.94. The van der Waals surface area contributed by atoms with Crippen LogP contribution < -0.4 is 5.14 Å². The molecule has 0 saturated carbocycles. The molecular formula is C8H19N3O3S. The van der Waals surface area contributed by atoms with E-state index in [1.165, 1.54) is 4.31 Å². The normalized spacial score (nSPS) is 21.5. The summed E-state index contributed by atoms with van der Waals surface area (Å²) >= 11 is 0. The average molecular weight is 237 g/mol. The van der Waals surface area contributed by atoms with Crippen molar-refractivity contribution in [2.24, 2.45) is 5.14 Å². The number of hydrogen-bond donors (Lipinski definition) is 1. The second-order valence-corrected chi connectivity index (χ2v) is 5.18. The highest BCUT2D eigenvalue weighted by Gasteiger charge is 2.21. The molecule has 1 rings (SSSR count). The van der Waals surface area contributed by atoms with Gasteiger partial charge in [-0.3, -0.25) is 4.90 Å². The smallest absolute Gasteiger partial charge is 0.276 e. The summed E-state index contributed by atoms with van der Waals surface area (Å²) in [4.78, 5) is 2.19. The van der Waals surface area contributed by atoms with E-state index in [0.29, 0.717) is 19.7 Å². The first-order valence-corrected chi connectivity index (χ1v) is 6.53. The molecular weight excluding hydrogens is 218 g/mol. The average Bonchev–Trinajstić information content (AvgIpc) is 2.38. The molecule has 1 saturated heterocycles. The molecule has 0 aromatic rings. The zero-order chi connectivity index (χ0) is 11.3. The Morgan fingerprint density at radius 3 is 2.60 bits per heavy atom. The minimum Gasteiger partial charge on any atom is -0.383 e. The Balaban J connectivity index is 2.42. The lowest BCUT2D eigenvalue weighted by atomic mass is 10.4. The molecule has 0 bridgehead atoms. The maximum Gasteiger partial charge on any atom is 0.276 e. The van der Waals surface area contributed by atoms with E-state index in [1.807, 2.05) is 0 Å². The molecule has 6 nitrogen and oxygen atoms in total. The van der Waals surface area contributed by atoms with Gasteiger partial charge in [-0.25, -0.2) is 5.14 Å². The number of rotatable bonds is 4. The third-order valence-electron chi connectivity index (χ3n) is 2.52. The lowest BCUT2D eigenvalue weighted by molar-refractivity contribution is 0.151. The SMILES string of the molecule is COCCN1CCCN(S(N)(=O)=O)CC1. The van der Waals surface area contributed by atoms with E-state index in [4.69, 9.17) is 9.88 Å². The standard InChI is InChI=1S/C8H19N3O3S/c1-14-8-7-10-3-2-4-11(6-5-10)15(9,12)13/h2-8H2,1H3,(H2,9,12,13). The predicted molar refractivity (Wildman–Crippen MR) is 57.6 cm³/mol. The number of nitrogens with two attached hydrogens (primary N) is 1. The minimum atomic E-state index is -3.52. The van der Waals surface area contributed by atoms with Gasteiger partial charge in [-0.2, -0.15) is 12.7 Å². The summed E-state index contributed by atoms with van der Waals surface area (Å²) in [6.07, 6.45) is 0.820. The van der Waals surface area contributed by atoms with Crippen LogP contribution in [0.15, 0.2) is 0 Å². The van der Waals surface area contributed by atoms with Crippen LogP contribution in [0.5, 0.6) is 0 Å². The van der Waals surface area contributed by atoms with E-state index in [0.717, 1.165) is 26.1 Å². The van der Waals surface area contributed by atoms with Crippen LogP contribution in [0.4, 0.5) is 0 Å². The van der Waals surface area contributed by atoms with Gasteiger partial charge in [0.1, 0.15) is 0 Å². The lowest BCUT2D eigenvalue weighted by Crippen LogP contribution is -2.39. The van der Waals surface area contributed by atoms with Crippen LogP contribution in [0.25, 0.3) is 0 Å². The molecule has 1 fully saturated rings. The third kappa shape index (κ3) is 4.43. The fourth-order valence-corrected chi connectivity index (χ4v) is 2.37. The molecule has 0 aromatic carbocycles. The molecule has 0 radical (unpaired) electrons. The van der Waals surface area contributed by atoms with E-state index in [9.17, 15) is 8.42 Å². The second kappa shape index (κ2) is 5.76. The van der Waals surface area contributed by atoms with Gasteiger partial charge in [-0.1, -0.05) is 0 Å². The maximum atomic E-state index is 11.1. The zero-order valence-corrected chi connectivity index (χ0v) is 9.87. The van der Waals surface area contributed by atoms with Crippen LogP contribution >= 0.6 is 0 Å². The number of nitrogens with zero attached hydrogens (tertiary/aromatic N) is 2. The van der Waals surface area contributed by atoms with Gasteiger partial charge in [0.25, 0.3) is 10.2 Å². The van der Waals surface area contributed by atoms with Crippen LogP contribution in [0, 0.1) is 0 Å². The Morgan fingerprint density at radius 1 is 1.27 bits per heavy atom. The Hall–Kier alpha value is -0.210. The fraction of sp³-hybridized carbons (Fsp3) is 1.00. The summed E-state index contributed by atoms with van der Waals surface area (Å²) in [7, 11) is -1.86. The van der Waals surface area contributed by atoms with Crippen molar-refractivity contribution in [2.75, 3.05) is 46.4 Å². The third-order valence-corrected chi connectivity index (χ3v) is 3.60. The number of ether oxygens (including phenoxy) is 1. The van der Waals surface area contributed by atoms with Crippen LogP contribution in [0.2, 0.25) is 0 Å². The number of hydrogen-bond acceptors (Lipinski definition) is 4. The molecule has 0 atom stereocenters. The van der Waals surface area contributed by atoms with Gasteiger partial charge in [0.05, 0.1) is 6.61 Å². The van der Waals surface area contributed by atoms with Crippen molar-refractivity contribution < 1.29 is 13.2 Å². The first kappa shape index (κ1) is 12.9. The van der Waals surface area contributed by atoms with Crippen molar-refractivity contribution in [1.29, 1.82) is 0 Å². The molecule has 0 aliphatic carbocycles. The molecule has 15 heavy (non-hydrogen) atoms. The minimum absolute atomic E-state index is 0.475. The summed E-state index contributed by atoms with van der Waals surface area (Å²) < 4.78 is 28.6. The molecule has 7 heteroatoms. The van der Waals surface area contributed by atoms with Gasteiger partial charge in [-0.05, 0) is 13.0 Å². The van der Waals surface area contributed by atoms with E-state index >= 15 is 0 Å². The second-order valence-electron chi connectivity index (χ2n) is 3.63. The quantitative estimate of drug-likeness (QED) is 0.669. The highest BCUT2D eigenvalue weighted by molar-refractivity contribution is 7.86. The summed E-state index contributed by atoms with van der Waals surface area (Å²) in [6.45, 7) is 4.13. The highest BCUT2D eigenvalue weighted by Crippen LogP contribution is 2.04. The Bertz CT molecular complexity index is 281. The summed E-state index contributed by atoms with van der Waals surface area (Å²) in [6, 6.07) is 0. The summed E-state index contributed by atoms with van der Waals surface area (Å²) in [5.74, 6) is 0. The Morgan fingerprint density at radius 2 is 2.00 bits per heavy atom. The lowest BCUT2D eigenvalue weighted by Gasteiger charge is -2.19. The van der Waals surface area contributed by atoms with Crippen molar-refractivity contribution in [3.63, 3.8) is 0 Å². The van der Waals surface area contributed by atoms with Crippen molar-refractivity contribution in [3.05, 3.63) is 0 Å². The van der Waals surface area contributed by atoms with Crippen LogP contribution in [-0.4, -0.2) is 64.1 Å². The van der Waals surface area contributed by atoms with Gasteiger partial charge in [0, 0.05) is 33.3 Å². The molecule has 1 heterocycles. The molecule has 90 valence electrons. The molecule has 0 aromatic heterocycles. The van der Waals surface area contributed by atoms with Gasteiger partial charge < -0.3 is 4.74 Å². The largest absolute Gasteiger partial charge is 0.383 e. The van der Waals surface area contributed by atoms with Crippen molar-refractivity contribution in [1.82, 2.24) is 9.21 Å². The topological polar surface area (TPSA) is 75.9 Å². The van der Waals surface area contributed by atoms with Crippen LogP contribution in [0.3, 0.4) is 0 Å². The van der Waals surface area contributed by atoms with Gasteiger partial charge in [0.15, 0.2) is 0 Å². The fourth-order valence-electron chi connectivity index (χ4n) is 1.65. The Labute approximate surface area is 91.2 Å². The van der Waals surface area contributed by atoms with E-state index in [2.05, 4.69) is 4.90 Å². The maximum absolute atomic E-state index is 11.1. The van der Waals surface area contributed by atoms with E-state index in [-0.39, 0.29) is 0 Å². The summed E-state index contributed by atoms with van der Waals surface area (Å²) in [5, 5.41) is 5.08. The van der Waals surface area contributed by atoms with Crippen molar-refractivity contribution >= 4 is 10.2 Å². The van der Waals surface area contributed by atoms with Crippen LogP contribution in [-0.2, 0) is 14.9 Å². The van der Waals surface area contributed by atoms with E-state index < -0.39 is 10.2 Å². The molecule has 1 aliphatic rings. The molecule has 0 unspecified atom stereocenters. The highest BCUT2D eigenvalue weighted by atomic mass is 32.2. The van der Waals surface area contributed by atoms with Crippen molar-refractivity contribution in [2.45, 2.75) is 6.42 Å². The van der Waals surface area contributed by atoms with Gasteiger partial charge in [0.2, 0.25) is 0 Å². The van der Waals surface area contributed by atoms with Gasteiger partial charge >= 0.3 is 0 Å². The van der Waals surface area contributed by atoms with E-state index in [1.54, 1.807) is 7.11 Å². The zero-order valence-electron chi connectivity index (χ0n) is 9.05. The molecule has 0 amide bonds. The summed E-state index contributed by atoms with van der Waals surface area (Å²) in [5.41, 5.74) is 0. The van der Waals surface area contributed by atoms with Gasteiger partial charge in [-0.15, -0.1) is 0 Å². The first-order chi connectivity index (χ1) is 7.04. The number of methoxy groups -OCH3 is 1.